The number of carbonyl (C=O) groups excluding carboxylic acids is 2. The molecular weight excluding hydrogens is 218 g/mol. The van der Waals surface area contributed by atoms with Gasteiger partial charge < -0.3 is 9.53 Å². The van der Waals surface area contributed by atoms with E-state index in [4.69, 9.17) is 4.74 Å². The van der Waals surface area contributed by atoms with Crippen LogP contribution in [0.1, 0.15) is 48.0 Å². The fourth-order valence-electron chi connectivity index (χ4n) is 1.63. The lowest BCUT2D eigenvalue weighted by Gasteiger charge is -2.36. The van der Waals surface area contributed by atoms with E-state index in [1.165, 1.54) is 4.90 Å². The monoisotopic (exact) mass is 243 g/mol. The molecule has 0 aliphatic carbocycles. The molecule has 0 bridgehead atoms. The minimum absolute atomic E-state index is 0.329. The van der Waals surface area contributed by atoms with Crippen molar-refractivity contribution >= 4 is 12.4 Å². The Morgan fingerprint density at radius 3 is 2.06 bits per heavy atom. The van der Waals surface area contributed by atoms with Crippen molar-refractivity contribution in [3.8, 4) is 0 Å². The van der Waals surface area contributed by atoms with E-state index in [0.29, 0.717) is 12.3 Å². The Hall–Kier alpha value is -1.06. The normalized spacial score (nSPS) is 15.3. The largest absolute Gasteiger partial charge is 0.444 e. The van der Waals surface area contributed by atoms with Crippen molar-refractivity contribution in [2.45, 2.75) is 59.1 Å². The number of likely N-dealkylation sites (N-methyl/N-ethyl adjacent to an activating group) is 1. The van der Waals surface area contributed by atoms with Gasteiger partial charge in [0.25, 0.3) is 0 Å². The minimum Gasteiger partial charge on any atom is -0.444 e. The van der Waals surface area contributed by atoms with Crippen LogP contribution in [0.15, 0.2) is 0 Å². The molecule has 0 aromatic rings. The maximum Gasteiger partial charge on any atom is 0.410 e. The molecule has 0 N–H and O–H groups in total. The molecule has 1 atom stereocenters. The maximum absolute atomic E-state index is 11.9. The Labute approximate surface area is 104 Å². The first-order valence-corrected chi connectivity index (χ1v) is 5.95. The second kappa shape index (κ2) is 5.52. The first-order chi connectivity index (χ1) is 7.52. The summed E-state index contributed by atoms with van der Waals surface area (Å²) >= 11 is 0. The van der Waals surface area contributed by atoms with Crippen molar-refractivity contribution in [1.29, 1.82) is 0 Å². The second-order valence-corrected chi connectivity index (χ2v) is 6.11. The van der Waals surface area contributed by atoms with Crippen molar-refractivity contribution in [2.24, 2.45) is 5.92 Å². The van der Waals surface area contributed by atoms with Crippen LogP contribution in [0.25, 0.3) is 0 Å². The molecule has 4 heteroatoms. The van der Waals surface area contributed by atoms with Crippen LogP contribution < -0.4 is 0 Å². The summed E-state index contributed by atoms with van der Waals surface area (Å²) in [5.41, 5.74) is -1.36. The molecule has 0 rings (SSSR count). The van der Waals surface area contributed by atoms with Gasteiger partial charge in [0, 0.05) is 7.05 Å². The lowest BCUT2D eigenvalue weighted by molar-refractivity contribution is -0.118. The van der Waals surface area contributed by atoms with E-state index in [0.717, 1.165) is 6.29 Å². The number of amides is 1. The summed E-state index contributed by atoms with van der Waals surface area (Å²) in [7, 11) is 1.60. The van der Waals surface area contributed by atoms with Crippen molar-refractivity contribution < 1.29 is 14.3 Å². The molecule has 0 saturated heterocycles. The van der Waals surface area contributed by atoms with E-state index < -0.39 is 17.2 Å². The number of nitrogens with zero attached hydrogens (tertiary/aromatic N) is 1. The van der Waals surface area contributed by atoms with Gasteiger partial charge in [-0.3, -0.25) is 4.90 Å². The van der Waals surface area contributed by atoms with Crippen LogP contribution in [0.4, 0.5) is 4.79 Å². The molecule has 0 spiro atoms. The Kier molecular flexibility index (Phi) is 5.17. The Morgan fingerprint density at radius 1 is 1.29 bits per heavy atom. The zero-order valence-corrected chi connectivity index (χ0v) is 12.0. The SMILES string of the molecule is CC(C)CC(C)(C=O)N(C)C(=O)OC(C)(C)C. The summed E-state index contributed by atoms with van der Waals surface area (Å²) in [5, 5.41) is 0. The summed E-state index contributed by atoms with van der Waals surface area (Å²) in [4.78, 5) is 24.5. The molecule has 1 amide bonds. The Morgan fingerprint density at radius 2 is 1.76 bits per heavy atom. The zero-order chi connectivity index (χ0) is 13.9. The van der Waals surface area contributed by atoms with Gasteiger partial charge >= 0.3 is 6.09 Å². The first-order valence-electron chi connectivity index (χ1n) is 5.95. The van der Waals surface area contributed by atoms with Crippen molar-refractivity contribution in [2.75, 3.05) is 7.05 Å². The van der Waals surface area contributed by atoms with Gasteiger partial charge in [0.2, 0.25) is 0 Å². The molecule has 1 unspecified atom stereocenters. The number of hydrogen-bond acceptors (Lipinski definition) is 3. The van der Waals surface area contributed by atoms with Gasteiger partial charge in [0.1, 0.15) is 11.9 Å². The highest BCUT2D eigenvalue weighted by molar-refractivity contribution is 5.76. The maximum atomic E-state index is 11.9. The number of aldehydes is 1. The van der Waals surface area contributed by atoms with Gasteiger partial charge in [-0.15, -0.1) is 0 Å². The van der Waals surface area contributed by atoms with Gasteiger partial charge in [0.15, 0.2) is 0 Å². The molecule has 17 heavy (non-hydrogen) atoms. The fraction of sp³-hybridized carbons (Fsp3) is 0.846. The molecular formula is C13H25NO3. The molecule has 100 valence electrons. The average Bonchev–Trinajstić information content (AvgIpc) is 2.12. The van der Waals surface area contributed by atoms with Crippen molar-refractivity contribution in [3.05, 3.63) is 0 Å². The smallest absolute Gasteiger partial charge is 0.410 e. The van der Waals surface area contributed by atoms with Gasteiger partial charge in [0.05, 0.1) is 5.54 Å². The van der Waals surface area contributed by atoms with Crippen LogP contribution in [-0.4, -0.2) is 35.5 Å². The van der Waals surface area contributed by atoms with E-state index in [1.807, 2.05) is 13.8 Å². The molecule has 0 fully saturated rings. The van der Waals surface area contributed by atoms with E-state index in [-0.39, 0.29) is 0 Å². The van der Waals surface area contributed by atoms with Gasteiger partial charge in [-0.05, 0) is 40.0 Å². The average molecular weight is 243 g/mol. The van der Waals surface area contributed by atoms with Gasteiger partial charge in [-0.1, -0.05) is 13.8 Å². The summed E-state index contributed by atoms with van der Waals surface area (Å²) in [6.45, 7) is 11.2. The van der Waals surface area contributed by atoms with Crippen LogP contribution in [-0.2, 0) is 9.53 Å². The fourth-order valence-corrected chi connectivity index (χ4v) is 1.63. The molecule has 4 nitrogen and oxygen atoms in total. The molecule has 0 heterocycles. The zero-order valence-electron chi connectivity index (χ0n) is 12.0. The van der Waals surface area contributed by atoms with E-state index in [2.05, 4.69) is 0 Å². The highest BCUT2D eigenvalue weighted by atomic mass is 16.6. The predicted molar refractivity (Wildman–Crippen MR) is 67.9 cm³/mol. The van der Waals surface area contributed by atoms with E-state index in [9.17, 15) is 9.59 Å². The molecule has 0 radical (unpaired) electrons. The number of rotatable bonds is 4. The number of hydrogen-bond donors (Lipinski definition) is 0. The lowest BCUT2D eigenvalue weighted by atomic mass is 9.91. The second-order valence-electron chi connectivity index (χ2n) is 6.11. The molecule has 0 aromatic carbocycles. The van der Waals surface area contributed by atoms with Crippen LogP contribution in [0.5, 0.6) is 0 Å². The first kappa shape index (κ1) is 15.9. The summed E-state index contributed by atoms with van der Waals surface area (Å²) in [5.74, 6) is 0.329. The van der Waals surface area contributed by atoms with Crippen molar-refractivity contribution in [3.63, 3.8) is 0 Å². The molecule has 0 saturated carbocycles. The summed E-state index contributed by atoms with van der Waals surface area (Å²) < 4.78 is 5.26. The van der Waals surface area contributed by atoms with Gasteiger partial charge in [-0.2, -0.15) is 0 Å². The number of carbonyl (C=O) groups is 2. The molecule has 0 aliphatic rings. The predicted octanol–water partition coefficient (Wildman–Crippen LogP) is 2.86. The summed E-state index contributed by atoms with van der Waals surface area (Å²) in [6.07, 6.45) is 0.969. The van der Waals surface area contributed by atoms with Crippen LogP contribution in [0, 0.1) is 5.92 Å². The van der Waals surface area contributed by atoms with Gasteiger partial charge in [-0.25, -0.2) is 4.79 Å². The lowest BCUT2D eigenvalue weighted by Crippen LogP contribution is -2.51. The summed E-state index contributed by atoms with van der Waals surface area (Å²) in [6, 6.07) is 0. The Bertz CT molecular complexity index is 281. The van der Waals surface area contributed by atoms with Crippen LogP contribution in [0.3, 0.4) is 0 Å². The molecule has 0 aromatic heterocycles. The third kappa shape index (κ3) is 5.20. The van der Waals surface area contributed by atoms with Crippen LogP contribution in [0.2, 0.25) is 0 Å². The Balaban J connectivity index is 4.80. The van der Waals surface area contributed by atoms with Crippen molar-refractivity contribution in [1.82, 2.24) is 4.90 Å². The third-order valence-corrected chi connectivity index (χ3v) is 2.51. The number of ether oxygens (including phenoxy) is 1. The van der Waals surface area contributed by atoms with E-state index >= 15 is 0 Å². The van der Waals surface area contributed by atoms with E-state index in [1.54, 1.807) is 34.7 Å². The standard InChI is InChI=1S/C13H25NO3/c1-10(2)8-13(6,9-15)14(7)11(16)17-12(3,4)5/h9-10H,8H2,1-7H3. The highest BCUT2D eigenvalue weighted by Gasteiger charge is 2.35. The minimum atomic E-state index is -0.809. The quantitative estimate of drug-likeness (QED) is 0.713. The third-order valence-electron chi connectivity index (χ3n) is 2.51. The highest BCUT2D eigenvalue weighted by Crippen LogP contribution is 2.22. The molecule has 0 aliphatic heterocycles. The topological polar surface area (TPSA) is 46.6 Å². The van der Waals surface area contributed by atoms with Crippen LogP contribution >= 0.6 is 0 Å².